The van der Waals surface area contributed by atoms with E-state index in [1.165, 1.54) is 0 Å². The first-order chi connectivity index (χ1) is 5.95. The second kappa shape index (κ2) is 4.20. The van der Waals surface area contributed by atoms with Crippen LogP contribution in [0.25, 0.3) is 0 Å². The highest BCUT2D eigenvalue weighted by molar-refractivity contribution is 14.1. The smallest absolute Gasteiger partial charge is 0.136 e. The third-order valence-corrected chi connectivity index (χ3v) is 3.44. The zero-order valence-corrected chi connectivity index (χ0v) is 11.6. The highest BCUT2D eigenvalue weighted by atomic mass is 127. The van der Waals surface area contributed by atoms with E-state index in [1.54, 1.807) is 6.07 Å². The average molecular weight is 404 g/mol. The summed E-state index contributed by atoms with van der Waals surface area (Å²) >= 11 is 4.12. The number of phenols is 2. The van der Waals surface area contributed by atoms with Gasteiger partial charge in [-0.25, -0.2) is 0 Å². The lowest BCUT2D eigenvalue weighted by Gasteiger charge is -2.13. The highest BCUT2D eigenvalue weighted by Crippen LogP contribution is 2.39. The third kappa shape index (κ3) is 2.20. The maximum absolute atomic E-state index is 9.70. The molecule has 0 spiro atoms. The van der Waals surface area contributed by atoms with Crippen molar-refractivity contribution >= 4 is 45.2 Å². The molecule has 0 fully saturated rings. The molecule has 4 heteroatoms. The first-order valence-corrected chi connectivity index (χ1v) is 6.00. The Labute approximate surface area is 105 Å². The van der Waals surface area contributed by atoms with Crippen LogP contribution in [0.1, 0.15) is 25.3 Å². The minimum atomic E-state index is 0.128. The molecule has 1 aromatic rings. The van der Waals surface area contributed by atoms with Gasteiger partial charge >= 0.3 is 0 Å². The number of rotatable bonds is 1. The van der Waals surface area contributed by atoms with E-state index in [4.69, 9.17) is 0 Å². The summed E-state index contributed by atoms with van der Waals surface area (Å²) in [5, 5.41) is 19.4. The lowest BCUT2D eigenvalue weighted by atomic mass is 10.0. The molecule has 0 saturated heterocycles. The Morgan fingerprint density at radius 1 is 1.08 bits per heavy atom. The first-order valence-electron chi connectivity index (χ1n) is 3.85. The van der Waals surface area contributed by atoms with E-state index in [0.29, 0.717) is 5.56 Å². The van der Waals surface area contributed by atoms with Gasteiger partial charge in [-0.05, 0) is 57.2 Å². The van der Waals surface area contributed by atoms with Gasteiger partial charge in [0.1, 0.15) is 11.5 Å². The lowest BCUT2D eigenvalue weighted by molar-refractivity contribution is 0.428. The van der Waals surface area contributed by atoms with Crippen molar-refractivity contribution in [3.63, 3.8) is 0 Å². The molecular weight excluding hydrogens is 394 g/mol. The van der Waals surface area contributed by atoms with Crippen molar-refractivity contribution in [1.82, 2.24) is 0 Å². The molecule has 13 heavy (non-hydrogen) atoms. The summed E-state index contributed by atoms with van der Waals surface area (Å²) in [7, 11) is 0. The zero-order valence-electron chi connectivity index (χ0n) is 7.31. The molecule has 72 valence electrons. The third-order valence-electron chi connectivity index (χ3n) is 1.79. The number of hydrogen-bond acceptors (Lipinski definition) is 2. The van der Waals surface area contributed by atoms with Crippen molar-refractivity contribution in [2.75, 3.05) is 0 Å². The fourth-order valence-electron chi connectivity index (χ4n) is 1.16. The Kier molecular flexibility index (Phi) is 3.67. The van der Waals surface area contributed by atoms with E-state index in [0.717, 1.165) is 7.14 Å². The quantitative estimate of drug-likeness (QED) is 0.705. The molecule has 1 rings (SSSR count). The molecule has 0 aliphatic carbocycles. The van der Waals surface area contributed by atoms with Crippen LogP contribution in [-0.4, -0.2) is 10.2 Å². The van der Waals surface area contributed by atoms with Crippen LogP contribution < -0.4 is 0 Å². The molecule has 2 nitrogen and oxygen atoms in total. The van der Waals surface area contributed by atoms with Crippen LogP contribution in [0.5, 0.6) is 11.5 Å². The Balaban J connectivity index is 3.46. The van der Waals surface area contributed by atoms with E-state index in [-0.39, 0.29) is 17.4 Å². The molecule has 0 atom stereocenters. The Hall–Kier alpha value is 0.280. The fraction of sp³-hybridized carbons (Fsp3) is 0.333. The van der Waals surface area contributed by atoms with Crippen LogP contribution in [-0.2, 0) is 0 Å². The monoisotopic (exact) mass is 404 g/mol. The van der Waals surface area contributed by atoms with Gasteiger partial charge in [-0.1, -0.05) is 13.8 Å². The van der Waals surface area contributed by atoms with Crippen LogP contribution in [0.15, 0.2) is 6.07 Å². The number of hydrogen-bond donors (Lipinski definition) is 2. The van der Waals surface area contributed by atoms with Crippen molar-refractivity contribution < 1.29 is 10.2 Å². The van der Waals surface area contributed by atoms with E-state index in [1.807, 2.05) is 13.8 Å². The van der Waals surface area contributed by atoms with Gasteiger partial charge in [-0.15, -0.1) is 0 Å². The minimum Gasteiger partial charge on any atom is -0.506 e. The van der Waals surface area contributed by atoms with Crippen molar-refractivity contribution in [1.29, 1.82) is 0 Å². The van der Waals surface area contributed by atoms with Crippen LogP contribution in [0.2, 0.25) is 0 Å². The second-order valence-corrected chi connectivity index (χ2v) is 5.43. The molecule has 2 N–H and O–H groups in total. The normalized spacial score (nSPS) is 10.8. The predicted molar refractivity (Wildman–Crippen MR) is 69.3 cm³/mol. The molecule has 0 radical (unpaired) electrons. The Bertz CT molecular complexity index is 309. The number of halogens is 2. The Morgan fingerprint density at radius 3 is 1.77 bits per heavy atom. The number of aromatic hydroxyl groups is 2. The molecule has 0 aliphatic rings. The van der Waals surface area contributed by atoms with Gasteiger partial charge in [0.25, 0.3) is 0 Å². The van der Waals surface area contributed by atoms with E-state index in [9.17, 15) is 10.2 Å². The molecule has 0 aliphatic heterocycles. The second-order valence-electron chi connectivity index (χ2n) is 3.11. The standard InChI is InChI=1S/C9H10I2O2/c1-4(2)7-8(12)5(10)3-6(11)9(7)13/h3-4,12-13H,1-2H3. The average Bonchev–Trinajstić information content (AvgIpc) is 2.01. The fourth-order valence-corrected chi connectivity index (χ4v) is 2.96. The summed E-state index contributed by atoms with van der Waals surface area (Å²) in [6.45, 7) is 3.89. The van der Waals surface area contributed by atoms with Gasteiger partial charge in [-0.2, -0.15) is 0 Å². The van der Waals surface area contributed by atoms with E-state index >= 15 is 0 Å². The maximum atomic E-state index is 9.70. The number of benzene rings is 1. The summed E-state index contributed by atoms with van der Waals surface area (Å²) in [6, 6.07) is 1.76. The lowest BCUT2D eigenvalue weighted by Crippen LogP contribution is -1.93. The van der Waals surface area contributed by atoms with Crippen LogP contribution in [0.4, 0.5) is 0 Å². The number of phenolic OH excluding ortho intramolecular Hbond substituents is 2. The molecule has 0 heterocycles. The van der Waals surface area contributed by atoms with Crippen molar-refractivity contribution in [3.8, 4) is 11.5 Å². The largest absolute Gasteiger partial charge is 0.506 e. The van der Waals surface area contributed by atoms with Gasteiger partial charge in [0, 0.05) is 5.56 Å². The molecule has 0 aromatic heterocycles. The minimum absolute atomic E-state index is 0.128. The molecule has 0 saturated carbocycles. The van der Waals surface area contributed by atoms with E-state index in [2.05, 4.69) is 45.2 Å². The van der Waals surface area contributed by atoms with Crippen LogP contribution in [0.3, 0.4) is 0 Å². The SMILES string of the molecule is CC(C)c1c(O)c(I)cc(I)c1O. The Morgan fingerprint density at radius 2 is 1.46 bits per heavy atom. The zero-order chi connectivity index (χ0) is 10.2. The van der Waals surface area contributed by atoms with Crippen molar-refractivity contribution in [3.05, 3.63) is 18.8 Å². The maximum Gasteiger partial charge on any atom is 0.136 e. The predicted octanol–water partition coefficient (Wildman–Crippen LogP) is 3.43. The van der Waals surface area contributed by atoms with Gasteiger partial charge < -0.3 is 10.2 Å². The molecule has 0 bridgehead atoms. The summed E-state index contributed by atoms with van der Waals surface area (Å²) in [4.78, 5) is 0. The summed E-state index contributed by atoms with van der Waals surface area (Å²) in [5.41, 5.74) is 0.635. The van der Waals surface area contributed by atoms with Crippen molar-refractivity contribution in [2.45, 2.75) is 19.8 Å². The summed E-state index contributed by atoms with van der Waals surface area (Å²) in [6.07, 6.45) is 0. The van der Waals surface area contributed by atoms with Gasteiger partial charge in [0.15, 0.2) is 0 Å². The van der Waals surface area contributed by atoms with Crippen molar-refractivity contribution in [2.24, 2.45) is 0 Å². The molecule has 0 unspecified atom stereocenters. The summed E-state index contributed by atoms with van der Waals surface area (Å²) in [5.74, 6) is 0.533. The van der Waals surface area contributed by atoms with E-state index < -0.39 is 0 Å². The van der Waals surface area contributed by atoms with Crippen LogP contribution >= 0.6 is 45.2 Å². The van der Waals surface area contributed by atoms with Gasteiger partial charge in [0.2, 0.25) is 0 Å². The van der Waals surface area contributed by atoms with Crippen LogP contribution in [0, 0.1) is 7.14 Å². The molecule has 1 aromatic carbocycles. The topological polar surface area (TPSA) is 40.5 Å². The molecular formula is C9H10I2O2. The van der Waals surface area contributed by atoms with Gasteiger partial charge in [-0.3, -0.25) is 0 Å². The highest BCUT2D eigenvalue weighted by Gasteiger charge is 2.17. The first kappa shape index (κ1) is 11.4. The summed E-state index contributed by atoms with van der Waals surface area (Å²) < 4.78 is 1.56. The van der Waals surface area contributed by atoms with Gasteiger partial charge in [0.05, 0.1) is 7.14 Å². The molecule has 0 amide bonds.